The first-order valence-electron chi connectivity index (χ1n) is 15.4. The summed E-state index contributed by atoms with van der Waals surface area (Å²) in [5, 5.41) is 10.2. The minimum Gasteiger partial charge on any atom is -0.460 e. The summed E-state index contributed by atoms with van der Waals surface area (Å²) in [7, 11) is 2.02. The lowest BCUT2D eigenvalue weighted by Crippen LogP contribution is -2.66. The van der Waals surface area contributed by atoms with Crippen molar-refractivity contribution in [3.8, 4) is 0 Å². The number of nitroso groups, excluding NO2 is 2. The van der Waals surface area contributed by atoms with E-state index in [-0.39, 0.29) is 0 Å². The average Bonchev–Trinajstić information content (AvgIpc) is 3.32. The van der Waals surface area contributed by atoms with Gasteiger partial charge in [-0.3, -0.25) is 28.8 Å². The molecule has 2 rings (SSSR count). The molecular weight excluding hydrogens is 724 g/mol. The highest BCUT2D eigenvalue weighted by molar-refractivity contribution is 5.74. The summed E-state index contributed by atoms with van der Waals surface area (Å²) in [6.07, 6.45) is -14.0. The lowest BCUT2D eigenvalue weighted by molar-refractivity contribution is -0.381. The number of amides is 4. The van der Waals surface area contributed by atoms with Crippen LogP contribution in [-0.2, 0) is 71.4 Å². The van der Waals surface area contributed by atoms with Crippen LogP contribution in [-0.4, -0.2) is 146 Å². The van der Waals surface area contributed by atoms with E-state index in [1.54, 1.807) is 0 Å². The van der Waals surface area contributed by atoms with Crippen LogP contribution in [0.4, 0.5) is 9.59 Å². The Hall–Kier alpha value is -5.56. The number of hydrogen-bond donors (Lipinski definition) is 2. The zero-order valence-electron chi connectivity index (χ0n) is 29.8. The number of hydrogen-bond acceptors (Lipinski definition) is 21. The predicted molar refractivity (Wildman–Crippen MR) is 166 cm³/mol. The van der Waals surface area contributed by atoms with E-state index in [0.717, 1.165) is 55.6 Å². The molecule has 2 saturated heterocycles. The van der Waals surface area contributed by atoms with Crippen molar-refractivity contribution in [3.63, 3.8) is 0 Å². The molecule has 0 aromatic rings. The van der Waals surface area contributed by atoms with Gasteiger partial charge in [-0.1, -0.05) is 0 Å². The highest BCUT2D eigenvalue weighted by Crippen LogP contribution is 2.41. The average molecular weight is 765 g/mol. The molecule has 0 aromatic carbocycles. The van der Waals surface area contributed by atoms with Crippen LogP contribution in [0.3, 0.4) is 0 Å². The number of nitrogens with one attached hydrogen (secondary N) is 2. The Morgan fingerprint density at radius 1 is 0.604 bits per heavy atom. The van der Waals surface area contributed by atoms with Gasteiger partial charge in [0, 0.05) is 68.7 Å². The number of rotatable bonds is 15. The SMILES string of the molecule is CC(=O)OC[C@]1(O[C@@H]2O[C@H](CNC(=O)N(C)N=O)[C@H](OC(C)=O)[C@H](OC(C)=O)[C@@H]2OC(C)=O)O[C@H](CNC(=O)N(C)N=O)[C@H](OC(C)=O)[C@@H]1OC(C)=O. The predicted octanol–water partition coefficient (Wildman–Crippen LogP) is -1.31. The molecule has 0 saturated carbocycles. The fraction of sp³-hybridized carbons (Fsp3) is 0.714. The summed E-state index contributed by atoms with van der Waals surface area (Å²) in [4.78, 5) is 120. The van der Waals surface area contributed by atoms with Gasteiger partial charge in [0.2, 0.25) is 12.1 Å². The monoisotopic (exact) mass is 764 g/mol. The Morgan fingerprint density at radius 2 is 1.04 bits per heavy atom. The van der Waals surface area contributed by atoms with Crippen molar-refractivity contribution in [1.82, 2.24) is 20.7 Å². The Morgan fingerprint density at radius 3 is 1.49 bits per heavy atom. The van der Waals surface area contributed by atoms with Gasteiger partial charge in [0.05, 0.1) is 10.6 Å². The molecule has 0 aromatic heterocycles. The van der Waals surface area contributed by atoms with Gasteiger partial charge < -0.3 is 53.3 Å². The topological polar surface area (TPSA) is 309 Å². The molecular formula is C28H40N6O19. The van der Waals surface area contributed by atoms with E-state index < -0.39 is 122 Å². The third-order valence-corrected chi connectivity index (χ3v) is 7.08. The Labute approximate surface area is 300 Å². The number of nitrogens with zero attached hydrogens (tertiary/aromatic N) is 4. The molecule has 0 aliphatic carbocycles. The summed E-state index contributed by atoms with van der Waals surface area (Å²) in [6.45, 7) is 3.57. The lowest BCUT2D eigenvalue weighted by atomic mass is 9.97. The molecule has 2 N–H and O–H groups in total. The van der Waals surface area contributed by atoms with E-state index in [1.165, 1.54) is 0 Å². The molecule has 0 unspecified atom stereocenters. The van der Waals surface area contributed by atoms with Gasteiger partial charge in [0.15, 0.2) is 30.5 Å². The van der Waals surface area contributed by atoms with Crippen LogP contribution in [0.2, 0.25) is 0 Å². The first kappa shape index (κ1) is 43.6. The van der Waals surface area contributed by atoms with E-state index in [0.29, 0.717) is 10.0 Å². The minimum atomic E-state index is -2.60. The van der Waals surface area contributed by atoms with E-state index in [4.69, 9.17) is 42.6 Å². The zero-order chi connectivity index (χ0) is 40.2. The third kappa shape index (κ3) is 12.3. The molecule has 4 amide bonds. The van der Waals surface area contributed by atoms with Crippen molar-refractivity contribution in [3.05, 3.63) is 9.81 Å². The van der Waals surface area contributed by atoms with Gasteiger partial charge in [-0.2, -0.15) is 10.0 Å². The molecule has 25 heteroatoms. The number of ether oxygens (including phenoxy) is 9. The molecule has 2 fully saturated rings. The molecule has 53 heavy (non-hydrogen) atoms. The summed E-state index contributed by atoms with van der Waals surface area (Å²) < 4.78 is 50.6. The second kappa shape index (κ2) is 19.3. The van der Waals surface area contributed by atoms with Gasteiger partial charge in [-0.15, -0.1) is 9.81 Å². The highest BCUT2D eigenvalue weighted by atomic mass is 16.8. The third-order valence-electron chi connectivity index (χ3n) is 7.08. The number of urea groups is 2. The molecule has 9 atom stereocenters. The van der Waals surface area contributed by atoms with Crippen molar-refractivity contribution in [2.75, 3.05) is 33.8 Å². The second-order valence-corrected chi connectivity index (χ2v) is 11.3. The van der Waals surface area contributed by atoms with Gasteiger partial charge in [-0.25, -0.2) is 9.59 Å². The maximum atomic E-state index is 12.5. The number of esters is 6. The number of carbonyl (C=O) groups excluding carboxylic acids is 8. The second-order valence-electron chi connectivity index (χ2n) is 11.3. The largest absolute Gasteiger partial charge is 0.460 e. The summed E-state index contributed by atoms with van der Waals surface area (Å²) in [5.41, 5.74) is 0. The van der Waals surface area contributed by atoms with Gasteiger partial charge in [0.1, 0.15) is 18.8 Å². The normalized spacial score (nSPS) is 27.5. The smallest absolute Gasteiger partial charge is 0.340 e. The first-order chi connectivity index (χ1) is 24.7. The number of carbonyl (C=O) groups is 8. The van der Waals surface area contributed by atoms with Crippen LogP contribution in [0.15, 0.2) is 10.6 Å². The van der Waals surface area contributed by atoms with Crippen molar-refractivity contribution in [1.29, 1.82) is 0 Å². The Balaban J connectivity index is 2.81. The van der Waals surface area contributed by atoms with Crippen molar-refractivity contribution in [2.24, 2.45) is 10.6 Å². The molecule has 2 aliphatic heterocycles. The van der Waals surface area contributed by atoms with Crippen LogP contribution in [0.1, 0.15) is 41.5 Å². The van der Waals surface area contributed by atoms with E-state index >= 15 is 0 Å². The van der Waals surface area contributed by atoms with E-state index in [1.807, 2.05) is 0 Å². The summed E-state index contributed by atoms with van der Waals surface area (Å²) in [5.74, 6) is -8.51. The standard InChI is InChI=1S/C28H40N6O19/c1-12(35)45-11-28(24(50-17(6)40)21(47-14(3)37)19(52-28)10-30-27(42)34(8)32-44)53-25-23(49-16(5)39)22(48-15(4)38)20(46-13(2)36)18(51-25)9-29-26(41)33(7)31-43/h18-25H,9-11H2,1-8H3,(H,29,41)(H,30,42)/t18-,19-,20+,21+,22+,23+,24+,25+,28-/m1/s1. The first-order valence-corrected chi connectivity index (χ1v) is 15.4. The van der Waals surface area contributed by atoms with Crippen molar-refractivity contribution >= 4 is 47.9 Å². The summed E-state index contributed by atoms with van der Waals surface area (Å²) in [6, 6.07) is -2.13. The van der Waals surface area contributed by atoms with Crippen LogP contribution in [0.25, 0.3) is 0 Å². The van der Waals surface area contributed by atoms with Crippen molar-refractivity contribution in [2.45, 2.75) is 96.3 Å². The zero-order valence-corrected chi connectivity index (χ0v) is 29.8. The molecule has 296 valence electrons. The highest BCUT2D eigenvalue weighted by Gasteiger charge is 2.64. The molecule has 25 nitrogen and oxygen atoms in total. The van der Waals surface area contributed by atoms with Crippen molar-refractivity contribution < 1.29 is 81.0 Å². The fourth-order valence-corrected chi connectivity index (χ4v) is 5.10. The molecule has 0 radical (unpaired) electrons. The molecule has 2 aliphatic rings. The van der Waals surface area contributed by atoms with Gasteiger partial charge >= 0.3 is 47.9 Å². The Kier molecular flexibility index (Phi) is 15.9. The van der Waals surface area contributed by atoms with Gasteiger partial charge in [0.25, 0.3) is 0 Å². The van der Waals surface area contributed by atoms with E-state index in [2.05, 4.69) is 21.2 Å². The maximum absolute atomic E-state index is 12.5. The van der Waals surface area contributed by atoms with Crippen LogP contribution in [0, 0.1) is 9.81 Å². The summed E-state index contributed by atoms with van der Waals surface area (Å²) >= 11 is 0. The lowest BCUT2D eigenvalue weighted by Gasteiger charge is -2.46. The van der Waals surface area contributed by atoms with E-state index in [9.17, 15) is 48.2 Å². The van der Waals surface area contributed by atoms with Crippen LogP contribution in [0.5, 0.6) is 0 Å². The maximum Gasteiger partial charge on any atom is 0.340 e. The van der Waals surface area contributed by atoms with Crippen LogP contribution >= 0.6 is 0 Å². The molecule has 2 heterocycles. The fourth-order valence-electron chi connectivity index (χ4n) is 5.10. The Bertz CT molecular complexity index is 1430. The molecule has 0 bridgehead atoms. The van der Waals surface area contributed by atoms with Gasteiger partial charge in [-0.05, 0) is 0 Å². The molecule has 0 spiro atoms. The minimum absolute atomic E-state index is 0.365. The van der Waals surface area contributed by atoms with Crippen LogP contribution < -0.4 is 10.6 Å². The quantitative estimate of drug-likeness (QED) is 0.0846.